The first-order chi connectivity index (χ1) is 7.11. The molecule has 0 heterocycles. The van der Waals surface area contributed by atoms with Gasteiger partial charge in [0.1, 0.15) is 0 Å². The molecule has 1 rings (SSSR count). The van der Waals surface area contributed by atoms with Gasteiger partial charge in [-0.05, 0) is 30.2 Å². The van der Waals surface area contributed by atoms with Crippen molar-refractivity contribution in [1.82, 2.24) is 0 Å². The standard InChI is InChI=1S/C12H14BrNO/c1-3-12(15)14-11-6-4-10(5-7-11)8-9(2)13/h3-7,9H,1,8H2,2H3,(H,14,15). The smallest absolute Gasteiger partial charge is 0.247 e. The van der Waals surface area contributed by atoms with Crippen molar-refractivity contribution in [3.8, 4) is 0 Å². The van der Waals surface area contributed by atoms with Crippen LogP contribution in [0.4, 0.5) is 5.69 Å². The number of benzene rings is 1. The minimum atomic E-state index is -0.184. The lowest BCUT2D eigenvalue weighted by molar-refractivity contribution is -0.111. The topological polar surface area (TPSA) is 29.1 Å². The van der Waals surface area contributed by atoms with Gasteiger partial charge in [0.15, 0.2) is 0 Å². The number of anilines is 1. The lowest BCUT2D eigenvalue weighted by Gasteiger charge is -2.05. The molecular formula is C12H14BrNO. The van der Waals surface area contributed by atoms with Gasteiger partial charge >= 0.3 is 0 Å². The van der Waals surface area contributed by atoms with E-state index in [1.807, 2.05) is 24.3 Å². The van der Waals surface area contributed by atoms with E-state index in [9.17, 15) is 4.79 Å². The molecule has 3 heteroatoms. The Kier molecular flexibility index (Phi) is 4.56. The van der Waals surface area contributed by atoms with Gasteiger partial charge in [-0.1, -0.05) is 41.6 Å². The Hall–Kier alpha value is -1.09. The maximum Gasteiger partial charge on any atom is 0.247 e. The van der Waals surface area contributed by atoms with Gasteiger partial charge < -0.3 is 5.32 Å². The monoisotopic (exact) mass is 267 g/mol. The normalized spacial score (nSPS) is 11.9. The van der Waals surface area contributed by atoms with Gasteiger partial charge in [-0.15, -0.1) is 0 Å². The van der Waals surface area contributed by atoms with E-state index in [1.165, 1.54) is 11.6 Å². The number of hydrogen-bond donors (Lipinski definition) is 1. The molecule has 0 aliphatic heterocycles. The van der Waals surface area contributed by atoms with Gasteiger partial charge in [-0.25, -0.2) is 0 Å². The third-order valence-electron chi connectivity index (χ3n) is 1.92. The molecule has 0 saturated heterocycles. The van der Waals surface area contributed by atoms with Crippen LogP contribution in [0.3, 0.4) is 0 Å². The first-order valence-electron chi connectivity index (χ1n) is 4.78. The average molecular weight is 268 g/mol. The van der Waals surface area contributed by atoms with Crippen LogP contribution in [-0.4, -0.2) is 10.7 Å². The SMILES string of the molecule is C=CC(=O)Nc1ccc(CC(C)Br)cc1. The summed E-state index contributed by atoms with van der Waals surface area (Å²) >= 11 is 3.50. The van der Waals surface area contributed by atoms with Gasteiger partial charge in [-0.2, -0.15) is 0 Å². The van der Waals surface area contributed by atoms with E-state index >= 15 is 0 Å². The Morgan fingerprint density at radius 3 is 2.60 bits per heavy atom. The molecular weight excluding hydrogens is 254 g/mol. The van der Waals surface area contributed by atoms with E-state index in [0.717, 1.165) is 12.1 Å². The maximum absolute atomic E-state index is 11.0. The molecule has 1 N–H and O–H groups in total. The van der Waals surface area contributed by atoms with Crippen molar-refractivity contribution < 1.29 is 4.79 Å². The minimum Gasteiger partial charge on any atom is -0.323 e. The summed E-state index contributed by atoms with van der Waals surface area (Å²) in [5.74, 6) is -0.184. The molecule has 15 heavy (non-hydrogen) atoms. The number of carbonyl (C=O) groups is 1. The molecule has 0 aromatic heterocycles. The van der Waals surface area contributed by atoms with E-state index < -0.39 is 0 Å². The van der Waals surface area contributed by atoms with Crippen molar-refractivity contribution in [2.45, 2.75) is 18.2 Å². The highest BCUT2D eigenvalue weighted by atomic mass is 79.9. The number of hydrogen-bond acceptors (Lipinski definition) is 1. The Balaban J connectivity index is 2.63. The molecule has 1 atom stereocenters. The predicted molar refractivity (Wildman–Crippen MR) is 67.4 cm³/mol. The summed E-state index contributed by atoms with van der Waals surface area (Å²) in [5, 5.41) is 2.70. The van der Waals surface area contributed by atoms with Crippen LogP contribution in [-0.2, 0) is 11.2 Å². The largest absolute Gasteiger partial charge is 0.323 e. The fraction of sp³-hybridized carbons (Fsp3) is 0.250. The quantitative estimate of drug-likeness (QED) is 0.659. The van der Waals surface area contributed by atoms with Crippen molar-refractivity contribution in [2.24, 2.45) is 0 Å². The molecule has 1 aromatic rings. The molecule has 1 aromatic carbocycles. The summed E-state index contributed by atoms with van der Waals surface area (Å²) < 4.78 is 0. The fourth-order valence-corrected chi connectivity index (χ4v) is 1.62. The van der Waals surface area contributed by atoms with Gasteiger partial charge in [0, 0.05) is 10.5 Å². The molecule has 0 fully saturated rings. The van der Waals surface area contributed by atoms with E-state index in [0.29, 0.717) is 4.83 Å². The lowest BCUT2D eigenvalue weighted by Crippen LogP contribution is -2.07. The van der Waals surface area contributed by atoms with Gasteiger partial charge in [0.2, 0.25) is 5.91 Å². The average Bonchev–Trinajstić information content (AvgIpc) is 2.20. The van der Waals surface area contributed by atoms with Crippen LogP contribution in [0.1, 0.15) is 12.5 Å². The summed E-state index contributed by atoms with van der Waals surface area (Å²) in [6.07, 6.45) is 2.24. The summed E-state index contributed by atoms with van der Waals surface area (Å²) in [7, 11) is 0. The zero-order valence-corrected chi connectivity index (χ0v) is 10.3. The Morgan fingerprint density at radius 2 is 2.13 bits per heavy atom. The first-order valence-corrected chi connectivity index (χ1v) is 5.70. The molecule has 0 spiro atoms. The number of nitrogens with one attached hydrogen (secondary N) is 1. The summed E-state index contributed by atoms with van der Waals surface area (Å²) in [6, 6.07) is 7.81. The van der Waals surface area contributed by atoms with Gasteiger partial charge in [0.05, 0.1) is 0 Å². The second-order valence-electron chi connectivity index (χ2n) is 3.38. The highest BCUT2D eigenvalue weighted by molar-refractivity contribution is 9.09. The summed E-state index contributed by atoms with van der Waals surface area (Å²) in [4.78, 5) is 11.5. The molecule has 0 aliphatic carbocycles. The second-order valence-corrected chi connectivity index (χ2v) is 4.94. The highest BCUT2D eigenvalue weighted by Crippen LogP contribution is 2.13. The molecule has 2 nitrogen and oxygen atoms in total. The minimum absolute atomic E-state index is 0.184. The Bertz CT molecular complexity index is 343. The Labute approximate surface area is 98.5 Å². The molecule has 0 saturated carbocycles. The van der Waals surface area contributed by atoms with E-state index in [4.69, 9.17) is 0 Å². The molecule has 0 bridgehead atoms. The van der Waals surface area contributed by atoms with Crippen LogP contribution in [0.15, 0.2) is 36.9 Å². The van der Waals surface area contributed by atoms with E-state index in [-0.39, 0.29) is 5.91 Å². The third-order valence-corrected chi connectivity index (χ3v) is 2.25. The zero-order valence-electron chi connectivity index (χ0n) is 8.66. The van der Waals surface area contributed by atoms with Gasteiger partial charge in [0.25, 0.3) is 0 Å². The lowest BCUT2D eigenvalue weighted by atomic mass is 10.1. The van der Waals surface area contributed by atoms with Gasteiger partial charge in [-0.3, -0.25) is 4.79 Å². The van der Waals surface area contributed by atoms with E-state index in [2.05, 4.69) is 34.7 Å². The summed E-state index contributed by atoms with van der Waals surface area (Å²) in [5.41, 5.74) is 2.04. The predicted octanol–water partition coefficient (Wildman–Crippen LogP) is 3.14. The zero-order chi connectivity index (χ0) is 11.3. The summed E-state index contributed by atoms with van der Waals surface area (Å²) in [6.45, 7) is 5.50. The Morgan fingerprint density at radius 1 is 1.53 bits per heavy atom. The van der Waals surface area contributed by atoms with Crippen LogP contribution >= 0.6 is 15.9 Å². The molecule has 80 valence electrons. The van der Waals surface area contributed by atoms with Crippen molar-refractivity contribution >= 4 is 27.5 Å². The number of halogens is 1. The van der Waals surface area contributed by atoms with Crippen LogP contribution in [0.25, 0.3) is 0 Å². The van der Waals surface area contributed by atoms with E-state index in [1.54, 1.807) is 0 Å². The molecule has 0 aliphatic rings. The number of alkyl halides is 1. The molecule has 0 radical (unpaired) electrons. The molecule has 1 amide bonds. The number of carbonyl (C=O) groups excluding carboxylic acids is 1. The second kappa shape index (κ2) is 5.71. The number of amides is 1. The fourth-order valence-electron chi connectivity index (χ4n) is 1.24. The third kappa shape index (κ3) is 4.30. The van der Waals surface area contributed by atoms with Crippen molar-refractivity contribution in [3.63, 3.8) is 0 Å². The van der Waals surface area contributed by atoms with Crippen molar-refractivity contribution in [2.75, 3.05) is 5.32 Å². The van der Waals surface area contributed by atoms with Crippen LogP contribution in [0, 0.1) is 0 Å². The van der Waals surface area contributed by atoms with Crippen LogP contribution < -0.4 is 5.32 Å². The maximum atomic E-state index is 11.0. The van der Waals surface area contributed by atoms with Crippen LogP contribution in [0.2, 0.25) is 0 Å². The molecule has 1 unspecified atom stereocenters. The van der Waals surface area contributed by atoms with Crippen molar-refractivity contribution in [3.05, 3.63) is 42.5 Å². The highest BCUT2D eigenvalue weighted by Gasteiger charge is 2.00. The van der Waals surface area contributed by atoms with Crippen LogP contribution in [0.5, 0.6) is 0 Å². The first kappa shape index (κ1) is 12.0. The van der Waals surface area contributed by atoms with Crippen molar-refractivity contribution in [1.29, 1.82) is 0 Å². The number of rotatable bonds is 4.